The molecule has 1 aliphatic rings. The molecule has 2 heterocycles. The van der Waals surface area contributed by atoms with Crippen LogP contribution in [0, 0.1) is 6.92 Å². The molecule has 94 valence electrons. The smallest absolute Gasteiger partial charge is 0.230 e. The Balaban J connectivity index is 1.81. The summed E-state index contributed by atoms with van der Waals surface area (Å²) in [5, 5.41) is 7.77. The van der Waals surface area contributed by atoms with E-state index in [-0.39, 0.29) is 5.91 Å². The molecular formula is C11H18N4O2. The zero-order chi connectivity index (χ0) is 12.3. The summed E-state index contributed by atoms with van der Waals surface area (Å²) >= 11 is 0. The van der Waals surface area contributed by atoms with E-state index in [1.54, 1.807) is 6.92 Å². The van der Waals surface area contributed by atoms with E-state index >= 15 is 0 Å². The maximum absolute atomic E-state index is 11.5. The second-order valence-corrected chi connectivity index (χ2v) is 4.23. The monoisotopic (exact) mass is 238 g/mol. The molecule has 0 spiro atoms. The lowest BCUT2D eigenvalue weighted by Crippen LogP contribution is -2.48. The molecule has 6 nitrogen and oxygen atoms in total. The molecule has 0 aliphatic carbocycles. The fraction of sp³-hybridized carbons (Fsp3) is 0.727. The molecule has 0 aromatic carbocycles. The van der Waals surface area contributed by atoms with Crippen molar-refractivity contribution in [3.63, 3.8) is 0 Å². The Morgan fingerprint density at radius 3 is 2.53 bits per heavy atom. The van der Waals surface area contributed by atoms with Crippen molar-refractivity contribution in [2.45, 2.75) is 26.8 Å². The predicted molar refractivity (Wildman–Crippen MR) is 61.2 cm³/mol. The minimum absolute atomic E-state index is 0.235. The average molecular weight is 238 g/mol. The van der Waals surface area contributed by atoms with E-state index in [0.717, 1.165) is 26.2 Å². The van der Waals surface area contributed by atoms with Gasteiger partial charge >= 0.3 is 0 Å². The zero-order valence-corrected chi connectivity index (χ0v) is 10.3. The Morgan fingerprint density at radius 2 is 2.00 bits per heavy atom. The molecular weight excluding hydrogens is 220 g/mol. The van der Waals surface area contributed by atoms with Gasteiger partial charge in [-0.3, -0.25) is 9.69 Å². The average Bonchev–Trinajstić information content (AvgIpc) is 2.75. The third-order valence-corrected chi connectivity index (χ3v) is 2.95. The van der Waals surface area contributed by atoms with Gasteiger partial charge in [0.15, 0.2) is 0 Å². The molecule has 6 heteroatoms. The van der Waals surface area contributed by atoms with Gasteiger partial charge in [-0.1, -0.05) is 6.92 Å². The Bertz CT molecular complexity index is 383. The van der Waals surface area contributed by atoms with E-state index in [0.29, 0.717) is 24.7 Å². The molecule has 0 bridgehead atoms. The number of piperazine rings is 1. The summed E-state index contributed by atoms with van der Waals surface area (Å²) in [5.41, 5.74) is 0. The molecule has 2 rings (SSSR count). The van der Waals surface area contributed by atoms with Crippen LogP contribution in [0.5, 0.6) is 0 Å². The number of aryl methyl sites for hydroxylation is 1. The Labute approximate surface area is 101 Å². The minimum Gasteiger partial charge on any atom is -0.424 e. The van der Waals surface area contributed by atoms with Gasteiger partial charge in [-0.2, -0.15) is 0 Å². The number of hydrogen-bond acceptors (Lipinski definition) is 5. The largest absolute Gasteiger partial charge is 0.424 e. The first-order chi connectivity index (χ1) is 8.19. The van der Waals surface area contributed by atoms with Crippen LogP contribution in [0.25, 0.3) is 0 Å². The fourth-order valence-corrected chi connectivity index (χ4v) is 1.97. The quantitative estimate of drug-likeness (QED) is 0.764. The normalized spacial score (nSPS) is 17.4. The van der Waals surface area contributed by atoms with Crippen LogP contribution in [-0.2, 0) is 11.3 Å². The topological polar surface area (TPSA) is 62.5 Å². The van der Waals surface area contributed by atoms with Crippen molar-refractivity contribution in [3.8, 4) is 0 Å². The van der Waals surface area contributed by atoms with Crippen molar-refractivity contribution in [2.75, 3.05) is 26.2 Å². The van der Waals surface area contributed by atoms with Crippen molar-refractivity contribution in [2.24, 2.45) is 0 Å². The molecule has 1 saturated heterocycles. The van der Waals surface area contributed by atoms with Gasteiger partial charge in [0.25, 0.3) is 0 Å². The van der Waals surface area contributed by atoms with Crippen LogP contribution in [0.3, 0.4) is 0 Å². The second kappa shape index (κ2) is 5.27. The lowest BCUT2D eigenvalue weighted by molar-refractivity contribution is -0.132. The summed E-state index contributed by atoms with van der Waals surface area (Å²) in [6, 6.07) is 0. The maximum atomic E-state index is 11.5. The van der Waals surface area contributed by atoms with Crippen LogP contribution in [0.15, 0.2) is 4.42 Å². The van der Waals surface area contributed by atoms with Gasteiger partial charge in [0.05, 0.1) is 6.54 Å². The Kier molecular flexibility index (Phi) is 3.73. The predicted octanol–water partition coefficient (Wildman–Crippen LogP) is 0.432. The molecule has 0 radical (unpaired) electrons. The van der Waals surface area contributed by atoms with Gasteiger partial charge in [0.2, 0.25) is 17.7 Å². The van der Waals surface area contributed by atoms with Gasteiger partial charge in [-0.25, -0.2) is 0 Å². The summed E-state index contributed by atoms with van der Waals surface area (Å²) in [7, 11) is 0. The molecule has 0 N–H and O–H groups in total. The first kappa shape index (κ1) is 12.0. The van der Waals surface area contributed by atoms with Crippen LogP contribution in [0.4, 0.5) is 0 Å². The van der Waals surface area contributed by atoms with E-state index in [9.17, 15) is 4.79 Å². The van der Waals surface area contributed by atoms with Gasteiger partial charge in [0, 0.05) is 39.5 Å². The molecule has 1 fully saturated rings. The summed E-state index contributed by atoms with van der Waals surface area (Å²) in [4.78, 5) is 15.6. The van der Waals surface area contributed by atoms with Crippen molar-refractivity contribution < 1.29 is 9.21 Å². The van der Waals surface area contributed by atoms with Crippen molar-refractivity contribution in [1.82, 2.24) is 20.0 Å². The number of hydrogen-bond donors (Lipinski definition) is 0. The van der Waals surface area contributed by atoms with Crippen LogP contribution >= 0.6 is 0 Å². The number of carbonyl (C=O) groups excluding carboxylic acids is 1. The highest BCUT2D eigenvalue weighted by Gasteiger charge is 2.21. The van der Waals surface area contributed by atoms with Crippen LogP contribution in [0.2, 0.25) is 0 Å². The molecule has 1 aromatic heterocycles. The fourth-order valence-electron chi connectivity index (χ4n) is 1.97. The molecule has 1 aromatic rings. The third kappa shape index (κ3) is 3.03. The maximum Gasteiger partial charge on any atom is 0.230 e. The summed E-state index contributed by atoms with van der Waals surface area (Å²) in [6.45, 7) is 7.68. The van der Waals surface area contributed by atoms with Crippen LogP contribution in [0.1, 0.15) is 25.1 Å². The highest BCUT2D eigenvalue weighted by molar-refractivity contribution is 5.75. The van der Waals surface area contributed by atoms with E-state index in [1.165, 1.54) is 0 Å². The summed E-state index contributed by atoms with van der Waals surface area (Å²) in [6.07, 6.45) is 0.586. The van der Waals surface area contributed by atoms with Crippen LogP contribution in [-0.4, -0.2) is 52.1 Å². The molecule has 17 heavy (non-hydrogen) atoms. The second-order valence-electron chi connectivity index (χ2n) is 4.23. The number of rotatable bonds is 3. The zero-order valence-electron chi connectivity index (χ0n) is 10.3. The third-order valence-electron chi connectivity index (χ3n) is 2.95. The molecule has 0 saturated carbocycles. The highest BCUT2D eigenvalue weighted by Crippen LogP contribution is 2.08. The van der Waals surface area contributed by atoms with Gasteiger partial charge in [-0.15, -0.1) is 10.2 Å². The molecule has 0 unspecified atom stereocenters. The number of aromatic nitrogens is 2. The molecule has 1 amide bonds. The van der Waals surface area contributed by atoms with Gasteiger partial charge < -0.3 is 9.32 Å². The van der Waals surface area contributed by atoms with E-state index < -0.39 is 0 Å². The summed E-state index contributed by atoms with van der Waals surface area (Å²) in [5.74, 6) is 1.48. The van der Waals surface area contributed by atoms with Crippen molar-refractivity contribution in [1.29, 1.82) is 0 Å². The molecule has 1 aliphatic heterocycles. The number of nitrogens with zero attached hydrogens (tertiary/aromatic N) is 4. The SMILES string of the molecule is CCC(=O)N1CCN(Cc2nnc(C)o2)CC1. The van der Waals surface area contributed by atoms with Gasteiger partial charge in [-0.05, 0) is 0 Å². The van der Waals surface area contributed by atoms with Crippen molar-refractivity contribution in [3.05, 3.63) is 11.8 Å². The Hall–Kier alpha value is -1.43. The van der Waals surface area contributed by atoms with Gasteiger partial charge in [0.1, 0.15) is 0 Å². The lowest BCUT2D eigenvalue weighted by atomic mass is 10.3. The Morgan fingerprint density at radius 1 is 1.29 bits per heavy atom. The lowest BCUT2D eigenvalue weighted by Gasteiger charge is -2.33. The number of amides is 1. The van der Waals surface area contributed by atoms with E-state index in [4.69, 9.17) is 4.42 Å². The first-order valence-electron chi connectivity index (χ1n) is 5.98. The highest BCUT2D eigenvalue weighted by atomic mass is 16.4. The van der Waals surface area contributed by atoms with E-state index in [1.807, 2.05) is 11.8 Å². The van der Waals surface area contributed by atoms with Crippen molar-refractivity contribution >= 4 is 5.91 Å². The minimum atomic E-state index is 0.235. The van der Waals surface area contributed by atoms with Crippen LogP contribution < -0.4 is 0 Å². The standard InChI is InChI=1S/C11H18N4O2/c1-3-11(16)15-6-4-14(5-7-15)8-10-13-12-9(2)17-10/h3-8H2,1-2H3. The van der Waals surface area contributed by atoms with E-state index in [2.05, 4.69) is 15.1 Å². The first-order valence-corrected chi connectivity index (χ1v) is 5.98. The summed E-state index contributed by atoms with van der Waals surface area (Å²) < 4.78 is 5.34. The number of carbonyl (C=O) groups is 1. The molecule has 0 atom stereocenters.